The lowest BCUT2D eigenvalue weighted by Gasteiger charge is -2.19. The van der Waals surface area contributed by atoms with Crippen LogP contribution in [0.5, 0.6) is 0 Å². The van der Waals surface area contributed by atoms with Crippen LogP contribution in [0.2, 0.25) is 0 Å². The van der Waals surface area contributed by atoms with Crippen LogP contribution in [0.4, 0.5) is 0 Å². The van der Waals surface area contributed by atoms with Crippen molar-refractivity contribution in [2.45, 2.75) is 19.8 Å². The van der Waals surface area contributed by atoms with Gasteiger partial charge in [-0.05, 0) is 31.5 Å². The van der Waals surface area contributed by atoms with E-state index in [1.807, 2.05) is 6.20 Å². The van der Waals surface area contributed by atoms with Crippen LogP contribution in [0.25, 0.3) is 0 Å². The number of allylic oxidation sites excluding steroid dienone is 3. The summed E-state index contributed by atoms with van der Waals surface area (Å²) in [7, 11) is 2.06. The third kappa shape index (κ3) is 2.26. The van der Waals surface area contributed by atoms with E-state index in [2.05, 4.69) is 37.6 Å². The van der Waals surface area contributed by atoms with E-state index in [9.17, 15) is 0 Å². The van der Waals surface area contributed by atoms with E-state index in [0.29, 0.717) is 0 Å². The number of rotatable bonds is 3. The van der Waals surface area contributed by atoms with Crippen LogP contribution in [0, 0.1) is 0 Å². The zero-order valence-electron chi connectivity index (χ0n) is 8.01. The van der Waals surface area contributed by atoms with E-state index in [-0.39, 0.29) is 0 Å². The molecule has 0 fully saturated rings. The van der Waals surface area contributed by atoms with Crippen molar-refractivity contribution in [1.29, 1.82) is 0 Å². The summed E-state index contributed by atoms with van der Waals surface area (Å²) in [5.41, 5.74) is 2.97. The van der Waals surface area contributed by atoms with Gasteiger partial charge in [0, 0.05) is 13.6 Å². The highest BCUT2D eigenvalue weighted by Crippen LogP contribution is 2.18. The molecule has 1 nitrogen and oxygen atoms in total. The molecular formula is C11H17N. The molecule has 0 aromatic carbocycles. The molecule has 0 saturated heterocycles. The first kappa shape index (κ1) is 9.11. The van der Waals surface area contributed by atoms with Crippen molar-refractivity contribution in [3.05, 3.63) is 36.1 Å². The fourth-order valence-corrected chi connectivity index (χ4v) is 1.40. The van der Waals surface area contributed by atoms with Crippen LogP contribution in [0.1, 0.15) is 19.8 Å². The second-order valence-corrected chi connectivity index (χ2v) is 3.33. The monoisotopic (exact) mass is 163 g/mol. The quantitative estimate of drug-likeness (QED) is 0.618. The average molecular weight is 163 g/mol. The molecule has 12 heavy (non-hydrogen) atoms. The molecule has 0 bridgehead atoms. The summed E-state index contributed by atoms with van der Waals surface area (Å²) in [6, 6.07) is 0. The standard InChI is InChI=1S/C11H17N/c1-4-12(3)9-11-8-6-5-7-10(11)2/h4-5,7H,1,6,8-9H2,2-3H3. The first-order chi connectivity index (χ1) is 5.74. The van der Waals surface area contributed by atoms with Gasteiger partial charge in [-0.15, -0.1) is 0 Å². The van der Waals surface area contributed by atoms with Crippen molar-refractivity contribution >= 4 is 0 Å². The second-order valence-electron chi connectivity index (χ2n) is 3.33. The molecule has 0 unspecified atom stereocenters. The molecular weight excluding hydrogens is 146 g/mol. The Morgan fingerprint density at radius 1 is 1.67 bits per heavy atom. The highest BCUT2D eigenvalue weighted by molar-refractivity contribution is 5.28. The molecule has 0 amide bonds. The molecule has 66 valence electrons. The van der Waals surface area contributed by atoms with Gasteiger partial charge in [0.05, 0.1) is 0 Å². The molecule has 0 aromatic heterocycles. The summed E-state index contributed by atoms with van der Waals surface area (Å²) in [4.78, 5) is 2.12. The smallest absolute Gasteiger partial charge is 0.0385 e. The lowest BCUT2D eigenvalue weighted by Crippen LogP contribution is -2.15. The van der Waals surface area contributed by atoms with Crippen LogP contribution in [-0.2, 0) is 0 Å². The molecule has 0 aliphatic heterocycles. The molecule has 1 heteroatoms. The van der Waals surface area contributed by atoms with E-state index in [0.717, 1.165) is 6.54 Å². The molecule has 0 saturated carbocycles. The van der Waals surface area contributed by atoms with E-state index >= 15 is 0 Å². The van der Waals surface area contributed by atoms with Crippen LogP contribution in [0.3, 0.4) is 0 Å². The van der Waals surface area contributed by atoms with Crippen molar-refractivity contribution in [2.24, 2.45) is 0 Å². The summed E-state index contributed by atoms with van der Waals surface area (Å²) in [6.07, 6.45) is 8.74. The van der Waals surface area contributed by atoms with Crippen molar-refractivity contribution in [1.82, 2.24) is 4.90 Å². The number of hydrogen-bond donors (Lipinski definition) is 0. The van der Waals surface area contributed by atoms with Gasteiger partial charge < -0.3 is 4.90 Å². The second kappa shape index (κ2) is 4.15. The largest absolute Gasteiger partial charge is 0.377 e. The topological polar surface area (TPSA) is 3.24 Å². The predicted molar refractivity (Wildman–Crippen MR) is 53.9 cm³/mol. The summed E-state index contributed by atoms with van der Waals surface area (Å²) in [5, 5.41) is 0. The minimum atomic E-state index is 1.03. The Hall–Kier alpha value is -0.980. The first-order valence-electron chi connectivity index (χ1n) is 4.42. The van der Waals surface area contributed by atoms with Gasteiger partial charge in [0.25, 0.3) is 0 Å². The number of likely N-dealkylation sites (N-methyl/N-ethyl adjacent to an activating group) is 1. The van der Waals surface area contributed by atoms with Gasteiger partial charge in [0.2, 0.25) is 0 Å². The van der Waals surface area contributed by atoms with Crippen molar-refractivity contribution < 1.29 is 0 Å². The molecule has 1 aliphatic rings. The Morgan fingerprint density at radius 3 is 3.00 bits per heavy atom. The van der Waals surface area contributed by atoms with Gasteiger partial charge in [-0.25, -0.2) is 0 Å². The predicted octanol–water partition coefficient (Wildman–Crippen LogP) is 2.73. The summed E-state index contributed by atoms with van der Waals surface area (Å²) in [5.74, 6) is 0. The van der Waals surface area contributed by atoms with Gasteiger partial charge >= 0.3 is 0 Å². The Labute approximate surface area is 75.1 Å². The van der Waals surface area contributed by atoms with Crippen molar-refractivity contribution in [2.75, 3.05) is 13.6 Å². The Kier molecular flexibility index (Phi) is 3.15. The molecule has 0 heterocycles. The van der Waals surface area contributed by atoms with E-state index in [4.69, 9.17) is 0 Å². The highest BCUT2D eigenvalue weighted by Gasteiger charge is 2.05. The van der Waals surface area contributed by atoms with Crippen LogP contribution in [0.15, 0.2) is 36.1 Å². The minimum Gasteiger partial charge on any atom is -0.377 e. The summed E-state index contributed by atoms with van der Waals surface area (Å²) in [6.45, 7) is 6.95. The van der Waals surface area contributed by atoms with E-state index < -0.39 is 0 Å². The maximum absolute atomic E-state index is 3.74. The van der Waals surface area contributed by atoms with Gasteiger partial charge in [-0.1, -0.05) is 24.3 Å². The van der Waals surface area contributed by atoms with Gasteiger partial charge in [0.15, 0.2) is 0 Å². The molecule has 0 atom stereocenters. The maximum atomic E-state index is 3.74. The Balaban J connectivity index is 2.60. The summed E-state index contributed by atoms with van der Waals surface area (Å²) < 4.78 is 0. The number of hydrogen-bond acceptors (Lipinski definition) is 1. The van der Waals surface area contributed by atoms with Gasteiger partial charge in [-0.2, -0.15) is 0 Å². The molecule has 0 aromatic rings. The van der Waals surface area contributed by atoms with Crippen LogP contribution in [-0.4, -0.2) is 18.5 Å². The highest BCUT2D eigenvalue weighted by atomic mass is 15.1. The SMILES string of the molecule is C=CN(C)CC1=C(C)C=CCC1. The molecule has 1 aliphatic carbocycles. The van der Waals surface area contributed by atoms with Gasteiger partial charge in [-0.3, -0.25) is 0 Å². The van der Waals surface area contributed by atoms with E-state index in [1.165, 1.54) is 18.4 Å². The van der Waals surface area contributed by atoms with Crippen molar-refractivity contribution in [3.63, 3.8) is 0 Å². The Bertz CT molecular complexity index is 223. The minimum absolute atomic E-state index is 1.03. The number of nitrogens with zero attached hydrogens (tertiary/aromatic N) is 1. The normalized spacial score (nSPS) is 16.5. The van der Waals surface area contributed by atoms with Crippen LogP contribution < -0.4 is 0 Å². The Morgan fingerprint density at radius 2 is 2.42 bits per heavy atom. The first-order valence-corrected chi connectivity index (χ1v) is 4.42. The van der Waals surface area contributed by atoms with E-state index in [1.54, 1.807) is 5.57 Å². The third-order valence-electron chi connectivity index (χ3n) is 2.29. The zero-order valence-corrected chi connectivity index (χ0v) is 8.01. The lowest BCUT2D eigenvalue weighted by molar-refractivity contribution is 0.488. The zero-order chi connectivity index (χ0) is 8.97. The lowest BCUT2D eigenvalue weighted by atomic mass is 9.98. The van der Waals surface area contributed by atoms with Gasteiger partial charge in [0.1, 0.15) is 0 Å². The molecule has 0 radical (unpaired) electrons. The summed E-state index contributed by atoms with van der Waals surface area (Å²) >= 11 is 0. The van der Waals surface area contributed by atoms with Crippen LogP contribution >= 0.6 is 0 Å². The van der Waals surface area contributed by atoms with Crippen molar-refractivity contribution in [3.8, 4) is 0 Å². The third-order valence-corrected chi connectivity index (χ3v) is 2.29. The average Bonchev–Trinajstić information content (AvgIpc) is 2.09. The fraction of sp³-hybridized carbons (Fsp3) is 0.455. The molecule has 1 rings (SSSR count). The molecule has 0 spiro atoms. The fourth-order valence-electron chi connectivity index (χ4n) is 1.40. The molecule has 0 N–H and O–H groups in total. The maximum Gasteiger partial charge on any atom is 0.0385 e.